The van der Waals surface area contributed by atoms with Gasteiger partial charge in [-0.3, -0.25) is 13.8 Å². The van der Waals surface area contributed by atoms with E-state index in [1.54, 1.807) is 0 Å². The van der Waals surface area contributed by atoms with Crippen molar-refractivity contribution in [1.82, 2.24) is 0 Å². The lowest BCUT2D eigenvalue weighted by atomic mass is 9.85. The topological polar surface area (TPSA) is 192 Å². The summed E-state index contributed by atoms with van der Waals surface area (Å²) in [7, 11) is -5.04. The van der Waals surface area contributed by atoms with Crippen molar-refractivity contribution in [1.29, 1.82) is 0 Å². The molecule has 0 saturated heterocycles. The minimum absolute atomic E-state index is 0.111. The summed E-state index contributed by atoms with van der Waals surface area (Å²) in [5.74, 6) is -0.500. The molecule has 0 spiro atoms. The number of esters is 1. The van der Waals surface area contributed by atoms with Crippen molar-refractivity contribution in [3.8, 4) is 0 Å². The predicted molar refractivity (Wildman–Crippen MR) is 248 cm³/mol. The molecule has 0 radical (unpaired) electrons. The van der Waals surface area contributed by atoms with Crippen molar-refractivity contribution in [2.45, 2.75) is 211 Å². The van der Waals surface area contributed by atoms with Gasteiger partial charge in [0.05, 0.1) is 13.2 Å². The molecule has 1 rings (SSSR count). The van der Waals surface area contributed by atoms with Gasteiger partial charge in [-0.05, 0) is 83.5 Å². The number of hydrogen-bond acceptors (Lipinski definition) is 11. The van der Waals surface area contributed by atoms with Gasteiger partial charge in [-0.25, -0.2) is 4.57 Å². The lowest BCUT2D eigenvalue weighted by Crippen LogP contribution is -2.64. The van der Waals surface area contributed by atoms with Crippen LogP contribution in [0, 0.1) is 0 Å². The highest BCUT2D eigenvalue weighted by atomic mass is 31.2. The normalized spacial score (nSPS) is 22.6. The highest BCUT2D eigenvalue weighted by molar-refractivity contribution is 7.47. The van der Waals surface area contributed by atoms with E-state index in [1.807, 2.05) is 0 Å². The van der Waals surface area contributed by atoms with Crippen LogP contribution in [0.5, 0.6) is 0 Å². The quantitative estimate of drug-likeness (QED) is 0.0148. The number of allylic oxidation sites excluding steroid dienone is 12. The highest BCUT2D eigenvalue weighted by Gasteiger charge is 2.51. The average Bonchev–Trinajstić information content (AvgIpc) is 3.26. The van der Waals surface area contributed by atoms with Gasteiger partial charge in [-0.1, -0.05) is 151 Å². The fraction of sp³-hybridized carbons (Fsp3) is 0.735. The van der Waals surface area contributed by atoms with Gasteiger partial charge in [-0.2, -0.15) is 0 Å². The van der Waals surface area contributed by atoms with Crippen LogP contribution < -0.4 is 0 Å². The van der Waals surface area contributed by atoms with Crippen LogP contribution >= 0.6 is 7.82 Å². The van der Waals surface area contributed by atoms with E-state index >= 15 is 0 Å². The Morgan fingerprint density at radius 3 is 1.47 bits per heavy atom. The van der Waals surface area contributed by atoms with E-state index in [9.17, 15) is 39.8 Å². The maximum Gasteiger partial charge on any atom is 0.472 e. The second-order valence-electron chi connectivity index (χ2n) is 16.2. The van der Waals surface area contributed by atoms with Crippen molar-refractivity contribution in [2.75, 3.05) is 19.8 Å². The summed E-state index contributed by atoms with van der Waals surface area (Å²) >= 11 is 0. The molecule has 6 N–H and O–H groups in total. The molecular weight excluding hydrogens is 812 g/mol. The zero-order valence-electron chi connectivity index (χ0n) is 38.1. The SMILES string of the molecule is CC/C=C\C/C=C\C/C=C\C/C=C\C/C=C\CCCCOCC(COP(=O)(O)OC1C(O)C(O)C(O)C(O)C1O)OC(=O)CCCCCCCCC/C=C\CCCCCCCC. The molecule has 0 aromatic carbocycles. The smallest absolute Gasteiger partial charge is 0.457 e. The van der Waals surface area contributed by atoms with E-state index in [0.717, 1.165) is 83.5 Å². The summed E-state index contributed by atoms with van der Waals surface area (Å²) < 4.78 is 34.2. The Labute approximate surface area is 374 Å². The second-order valence-corrected chi connectivity index (χ2v) is 17.6. The molecule has 1 aliphatic carbocycles. The lowest BCUT2D eigenvalue weighted by molar-refractivity contribution is -0.220. The fourth-order valence-electron chi connectivity index (χ4n) is 6.79. The number of ether oxygens (including phenoxy) is 2. The summed E-state index contributed by atoms with van der Waals surface area (Å²) in [6.45, 7) is 4.03. The molecule has 13 heteroatoms. The highest BCUT2D eigenvalue weighted by Crippen LogP contribution is 2.47. The largest absolute Gasteiger partial charge is 0.472 e. The summed E-state index contributed by atoms with van der Waals surface area (Å²) in [5, 5.41) is 50.2. The number of aliphatic hydroxyl groups excluding tert-OH is 5. The Morgan fingerprint density at radius 2 is 0.952 bits per heavy atom. The van der Waals surface area contributed by atoms with Crippen molar-refractivity contribution in [3.05, 3.63) is 72.9 Å². The molecule has 1 aliphatic rings. The van der Waals surface area contributed by atoms with Gasteiger partial charge >= 0.3 is 13.8 Å². The molecule has 1 saturated carbocycles. The van der Waals surface area contributed by atoms with Gasteiger partial charge in [0.2, 0.25) is 0 Å². The first-order valence-electron chi connectivity index (χ1n) is 23.8. The van der Waals surface area contributed by atoms with Crippen molar-refractivity contribution in [2.24, 2.45) is 0 Å². The minimum Gasteiger partial charge on any atom is -0.457 e. The maximum atomic E-state index is 12.8. The summed E-state index contributed by atoms with van der Waals surface area (Å²) in [6, 6.07) is 0. The number of phosphoric acid groups is 1. The van der Waals surface area contributed by atoms with Crippen LogP contribution in [0.2, 0.25) is 0 Å². The van der Waals surface area contributed by atoms with Crippen LogP contribution in [0.1, 0.15) is 168 Å². The number of carbonyl (C=O) groups is 1. The molecule has 6 unspecified atom stereocenters. The molecule has 0 aromatic rings. The molecule has 0 amide bonds. The molecule has 0 heterocycles. The van der Waals surface area contributed by atoms with Gasteiger partial charge in [0.1, 0.15) is 42.7 Å². The molecule has 0 aromatic heterocycles. The molecule has 358 valence electrons. The standard InChI is InChI=1S/C49H85O12P/c1-3-5-7-9-11-13-15-17-19-21-23-25-27-29-31-33-35-37-39-58-40-42(41-59-62(56,57)61-49-47(54)45(52)44(51)46(53)48(49)55)60-43(50)38-36-34-32-30-28-26-24-22-20-18-16-14-12-10-8-6-4-2/h5,7,11,13,17-20,23,25,29,31,42,44-49,51-55H,3-4,6,8-10,12,14-16,21-22,24,26-28,30,32-41H2,1-2H3,(H,56,57)/b7-5-,13-11-,19-17-,20-18-,25-23-,31-29-. The number of aliphatic hydroxyl groups is 5. The van der Waals surface area contributed by atoms with Gasteiger partial charge in [0.25, 0.3) is 0 Å². The molecule has 62 heavy (non-hydrogen) atoms. The van der Waals surface area contributed by atoms with Crippen LogP contribution in [-0.4, -0.2) is 98.9 Å². The second kappa shape index (κ2) is 39.2. The maximum absolute atomic E-state index is 12.8. The van der Waals surface area contributed by atoms with E-state index in [0.29, 0.717) is 13.0 Å². The molecule has 6 atom stereocenters. The average molecular weight is 897 g/mol. The van der Waals surface area contributed by atoms with E-state index in [2.05, 4.69) is 86.8 Å². The van der Waals surface area contributed by atoms with Crippen molar-refractivity contribution in [3.63, 3.8) is 0 Å². The Balaban J connectivity index is 2.43. The van der Waals surface area contributed by atoms with Gasteiger partial charge in [0.15, 0.2) is 0 Å². The number of carbonyl (C=O) groups excluding carboxylic acids is 1. The van der Waals surface area contributed by atoms with Gasteiger partial charge in [0, 0.05) is 13.0 Å². The first-order valence-corrected chi connectivity index (χ1v) is 25.3. The lowest BCUT2D eigenvalue weighted by Gasteiger charge is -2.41. The zero-order chi connectivity index (χ0) is 45.5. The Morgan fingerprint density at radius 1 is 0.532 bits per heavy atom. The van der Waals surface area contributed by atoms with E-state index < -0.39 is 63.1 Å². The Bertz CT molecular complexity index is 1300. The van der Waals surface area contributed by atoms with E-state index in [1.165, 1.54) is 57.8 Å². The molecule has 12 nitrogen and oxygen atoms in total. The fourth-order valence-corrected chi connectivity index (χ4v) is 7.76. The summed E-state index contributed by atoms with van der Waals surface area (Å²) in [5.41, 5.74) is 0. The molecule has 0 bridgehead atoms. The van der Waals surface area contributed by atoms with Crippen LogP contribution in [0.4, 0.5) is 0 Å². The summed E-state index contributed by atoms with van der Waals surface area (Å²) in [6.07, 6.45) is 38.3. The van der Waals surface area contributed by atoms with Crippen LogP contribution in [0.15, 0.2) is 72.9 Å². The first-order chi connectivity index (χ1) is 30.0. The van der Waals surface area contributed by atoms with Gasteiger partial charge in [-0.15, -0.1) is 0 Å². The zero-order valence-corrected chi connectivity index (χ0v) is 39.0. The first kappa shape index (κ1) is 57.8. The number of phosphoric ester groups is 1. The molecule has 0 aliphatic heterocycles. The van der Waals surface area contributed by atoms with E-state index in [-0.39, 0.29) is 13.0 Å². The third kappa shape index (κ3) is 30.8. The Hall–Kier alpha value is -2.22. The Kier molecular flexibility index (Phi) is 36.5. The molecular formula is C49H85O12P. The monoisotopic (exact) mass is 897 g/mol. The van der Waals surface area contributed by atoms with Crippen LogP contribution in [-0.2, 0) is 27.9 Å². The predicted octanol–water partition coefficient (Wildman–Crippen LogP) is 9.97. The van der Waals surface area contributed by atoms with Gasteiger partial charge < -0.3 is 39.9 Å². The third-order valence-corrected chi connectivity index (χ3v) is 11.5. The van der Waals surface area contributed by atoms with Crippen molar-refractivity contribution >= 4 is 13.8 Å². The summed E-state index contributed by atoms with van der Waals surface area (Å²) in [4.78, 5) is 23.2. The van der Waals surface area contributed by atoms with Crippen LogP contribution in [0.3, 0.4) is 0 Å². The van der Waals surface area contributed by atoms with Crippen molar-refractivity contribution < 1.29 is 58.3 Å². The number of hydrogen-bond donors (Lipinski definition) is 6. The van der Waals surface area contributed by atoms with E-state index in [4.69, 9.17) is 18.5 Å². The molecule has 1 fully saturated rings. The number of unbranched alkanes of at least 4 members (excludes halogenated alkanes) is 15. The number of rotatable bonds is 39. The van der Waals surface area contributed by atoms with Crippen LogP contribution in [0.25, 0.3) is 0 Å². The third-order valence-electron chi connectivity index (χ3n) is 10.6. The minimum atomic E-state index is -5.04.